The van der Waals surface area contributed by atoms with Crippen LogP contribution >= 0.6 is 23.1 Å². The van der Waals surface area contributed by atoms with E-state index in [2.05, 4.69) is 15.5 Å². The molecule has 0 bridgehead atoms. The first kappa shape index (κ1) is 20.4. The summed E-state index contributed by atoms with van der Waals surface area (Å²) in [6.07, 6.45) is 0. The van der Waals surface area contributed by atoms with Crippen LogP contribution in [0.3, 0.4) is 0 Å². The minimum absolute atomic E-state index is 0.103. The van der Waals surface area contributed by atoms with Gasteiger partial charge >= 0.3 is 0 Å². The first-order valence-corrected chi connectivity index (χ1v) is 10.6. The van der Waals surface area contributed by atoms with Crippen LogP contribution in [0.1, 0.15) is 0 Å². The lowest BCUT2D eigenvalue weighted by atomic mass is 10.2. The highest BCUT2D eigenvalue weighted by atomic mass is 32.2. The summed E-state index contributed by atoms with van der Waals surface area (Å²) in [5.41, 5.74) is 6.62. The molecule has 12 heteroatoms. The number of benzene rings is 1. The number of sulfonamides is 1. The van der Waals surface area contributed by atoms with Crippen LogP contribution < -0.4 is 16.0 Å². The number of anilines is 3. The molecule has 0 saturated heterocycles. The van der Waals surface area contributed by atoms with Gasteiger partial charge < -0.3 is 16.0 Å². The predicted molar refractivity (Wildman–Crippen MR) is 105 cm³/mol. The van der Waals surface area contributed by atoms with Gasteiger partial charge in [0.05, 0.1) is 22.0 Å². The largest absolute Gasteiger partial charge is 0.376 e. The van der Waals surface area contributed by atoms with E-state index < -0.39 is 10.0 Å². The molecule has 0 aliphatic rings. The molecule has 2 aromatic rings. The van der Waals surface area contributed by atoms with Gasteiger partial charge in [-0.2, -0.15) is 0 Å². The van der Waals surface area contributed by atoms with Crippen molar-refractivity contribution in [2.45, 2.75) is 9.24 Å². The van der Waals surface area contributed by atoms with Crippen LogP contribution in [0.15, 0.2) is 27.4 Å². The Kier molecular flexibility index (Phi) is 6.44. The first-order valence-electron chi connectivity index (χ1n) is 7.37. The number of hydrogen-bond acceptors (Lipinski definition) is 9. The van der Waals surface area contributed by atoms with Crippen molar-refractivity contribution in [3.8, 4) is 0 Å². The van der Waals surface area contributed by atoms with Crippen molar-refractivity contribution in [1.29, 1.82) is 0 Å². The maximum Gasteiger partial charge on any atom is 0.242 e. The van der Waals surface area contributed by atoms with Gasteiger partial charge in [-0.25, -0.2) is 12.7 Å². The third kappa shape index (κ3) is 4.84. The quantitative estimate of drug-likeness (QED) is 0.645. The molecule has 0 spiro atoms. The van der Waals surface area contributed by atoms with Crippen molar-refractivity contribution in [2.24, 2.45) is 0 Å². The van der Waals surface area contributed by atoms with E-state index in [1.165, 1.54) is 49.3 Å². The lowest BCUT2D eigenvalue weighted by Gasteiger charge is -2.20. The fourth-order valence-corrected chi connectivity index (χ4v) is 4.33. The molecule has 1 heterocycles. The summed E-state index contributed by atoms with van der Waals surface area (Å²) in [7, 11) is 2.93. The van der Waals surface area contributed by atoms with Crippen molar-refractivity contribution in [3.05, 3.63) is 18.2 Å². The molecule has 0 unspecified atom stereocenters. The minimum Gasteiger partial charge on any atom is -0.376 e. The Morgan fingerprint density at radius 3 is 2.50 bits per heavy atom. The van der Waals surface area contributed by atoms with Crippen LogP contribution in [-0.2, 0) is 14.8 Å². The van der Waals surface area contributed by atoms with Crippen LogP contribution in [0, 0.1) is 0 Å². The van der Waals surface area contributed by atoms with Gasteiger partial charge in [-0.05, 0) is 18.2 Å². The Labute approximate surface area is 160 Å². The Morgan fingerprint density at radius 1 is 1.27 bits per heavy atom. The van der Waals surface area contributed by atoms with Crippen LogP contribution in [0.5, 0.6) is 0 Å². The molecule has 0 saturated carbocycles. The molecule has 0 fully saturated rings. The Balaban J connectivity index is 2.21. The van der Waals surface area contributed by atoms with E-state index in [0.717, 1.165) is 4.31 Å². The number of carbonyl (C=O) groups excluding carboxylic acids is 1. The van der Waals surface area contributed by atoms with E-state index in [4.69, 9.17) is 5.73 Å². The zero-order valence-electron chi connectivity index (χ0n) is 14.8. The first-order chi connectivity index (χ1) is 12.1. The summed E-state index contributed by atoms with van der Waals surface area (Å²) in [4.78, 5) is 14.2. The lowest BCUT2D eigenvalue weighted by Crippen LogP contribution is -2.23. The van der Waals surface area contributed by atoms with Crippen molar-refractivity contribution in [1.82, 2.24) is 14.5 Å². The third-order valence-electron chi connectivity index (χ3n) is 3.25. The maximum atomic E-state index is 12.3. The van der Waals surface area contributed by atoms with Gasteiger partial charge in [0.15, 0.2) is 4.34 Å². The van der Waals surface area contributed by atoms with E-state index >= 15 is 0 Å². The van der Waals surface area contributed by atoms with Crippen molar-refractivity contribution < 1.29 is 13.2 Å². The van der Waals surface area contributed by atoms with Gasteiger partial charge in [0, 0.05) is 28.2 Å². The number of nitrogens with one attached hydrogen (secondary N) is 1. The molecule has 3 N–H and O–H groups in total. The number of rotatable bonds is 7. The van der Waals surface area contributed by atoms with Gasteiger partial charge in [-0.3, -0.25) is 4.79 Å². The van der Waals surface area contributed by atoms with Crippen molar-refractivity contribution >= 4 is 55.5 Å². The van der Waals surface area contributed by atoms with Gasteiger partial charge in [0.1, 0.15) is 0 Å². The van der Waals surface area contributed by atoms with Gasteiger partial charge in [-0.1, -0.05) is 23.1 Å². The molecule has 1 aromatic carbocycles. The van der Waals surface area contributed by atoms with Crippen LogP contribution in [0.4, 0.5) is 16.5 Å². The Morgan fingerprint density at radius 2 is 1.96 bits per heavy atom. The predicted octanol–water partition coefficient (Wildman–Crippen LogP) is 1.17. The van der Waals surface area contributed by atoms with E-state index in [1.807, 2.05) is 14.1 Å². The second-order valence-electron chi connectivity index (χ2n) is 5.60. The summed E-state index contributed by atoms with van der Waals surface area (Å²) >= 11 is 2.41. The van der Waals surface area contributed by atoms with Crippen LogP contribution in [0.25, 0.3) is 0 Å². The van der Waals surface area contributed by atoms with Crippen molar-refractivity contribution in [2.75, 3.05) is 49.9 Å². The van der Waals surface area contributed by atoms with E-state index in [9.17, 15) is 13.2 Å². The highest BCUT2D eigenvalue weighted by Crippen LogP contribution is 2.29. The number of nitrogen functional groups attached to an aromatic ring is 1. The molecule has 2 rings (SSSR count). The number of thioether (sulfide) groups is 1. The molecule has 9 nitrogen and oxygen atoms in total. The molecule has 0 radical (unpaired) electrons. The lowest BCUT2D eigenvalue weighted by molar-refractivity contribution is -0.113. The summed E-state index contributed by atoms with van der Waals surface area (Å²) in [6, 6.07) is 4.62. The summed E-state index contributed by atoms with van der Waals surface area (Å²) < 4.78 is 26.4. The Bertz CT molecular complexity index is 895. The molecular weight excluding hydrogens is 396 g/mol. The molecule has 0 aliphatic carbocycles. The van der Waals surface area contributed by atoms with E-state index in [0.29, 0.717) is 20.8 Å². The van der Waals surface area contributed by atoms with Crippen LogP contribution in [-0.4, -0.2) is 62.8 Å². The molecule has 0 aliphatic heterocycles. The number of nitrogens with two attached hydrogens (primary N) is 1. The topological polar surface area (TPSA) is 122 Å². The van der Waals surface area contributed by atoms with E-state index in [1.54, 1.807) is 11.0 Å². The number of hydrogen-bond donors (Lipinski definition) is 2. The second kappa shape index (κ2) is 8.20. The zero-order valence-corrected chi connectivity index (χ0v) is 17.2. The van der Waals surface area contributed by atoms with Gasteiger partial charge in [-0.15, -0.1) is 10.2 Å². The molecule has 1 aromatic heterocycles. The molecule has 0 atom stereocenters. The average Bonchev–Trinajstić information content (AvgIpc) is 2.98. The SMILES string of the molecule is CN(C)c1ccc(S(=O)(=O)N(C)C)cc1NC(=O)CSc1nnc(N)s1. The van der Waals surface area contributed by atoms with E-state index in [-0.39, 0.29) is 16.6 Å². The molecular formula is C14H20N6O3S3. The van der Waals surface area contributed by atoms with Gasteiger partial charge in [0.2, 0.25) is 21.1 Å². The molecule has 1 amide bonds. The number of nitrogens with zero attached hydrogens (tertiary/aromatic N) is 4. The number of carbonyl (C=O) groups is 1. The monoisotopic (exact) mass is 416 g/mol. The van der Waals surface area contributed by atoms with Gasteiger partial charge in [0.25, 0.3) is 0 Å². The standard InChI is InChI=1S/C14H20N6O3S3/c1-19(2)11-6-5-9(26(22,23)20(3)4)7-10(11)16-12(21)8-24-14-18-17-13(15)25-14/h5-7H,8H2,1-4H3,(H2,15,17)(H,16,21). The number of aromatic nitrogens is 2. The maximum absolute atomic E-state index is 12.3. The number of amides is 1. The highest BCUT2D eigenvalue weighted by molar-refractivity contribution is 8.01. The fraction of sp³-hybridized carbons (Fsp3) is 0.357. The molecule has 26 heavy (non-hydrogen) atoms. The Hall–Kier alpha value is -1.89. The zero-order chi connectivity index (χ0) is 19.5. The van der Waals surface area contributed by atoms with Crippen molar-refractivity contribution in [3.63, 3.8) is 0 Å². The smallest absolute Gasteiger partial charge is 0.242 e. The third-order valence-corrected chi connectivity index (χ3v) is 6.95. The summed E-state index contributed by atoms with van der Waals surface area (Å²) in [5.74, 6) is -0.183. The fourth-order valence-electron chi connectivity index (χ4n) is 1.97. The van der Waals surface area contributed by atoms with Crippen LogP contribution in [0.2, 0.25) is 0 Å². The highest BCUT2D eigenvalue weighted by Gasteiger charge is 2.20. The minimum atomic E-state index is -3.60. The average molecular weight is 417 g/mol. The summed E-state index contributed by atoms with van der Waals surface area (Å²) in [5, 5.41) is 10.6. The normalized spacial score (nSPS) is 11.6. The summed E-state index contributed by atoms with van der Waals surface area (Å²) in [6.45, 7) is 0. The second-order valence-corrected chi connectivity index (χ2v) is 9.99. The molecule has 142 valence electrons.